The molecule has 1 aromatic heterocycles. The Morgan fingerprint density at radius 1 is 1.39 bits per heavy atom. The highest BCUT2D eigenvalue weighted by molar-refractivity contribution is 5.57. The van der Waals surface area contributed by atoms with E-state index in [-0.39, 0.29) is 17.4 Å². The Morgan fingerprint density at radius 2 is 2.17 bits per heavy atom. The molecule has 0 amide bonds. The van der Waals surface area contributed by atoms with Crippen molar-refractivity contribution in [3.63, 3.8) is 0 Å². The van der Waals surface area contributed by atoms with Crippen LogP contribution in [0.1, 0.15) is 17.2 Å². The van der Waals surface area contributed by atoms with Gasteiger partial charge in [-0.15, -0.1) is 0 Å². The first-order chi connectivity index (χ1) is 11.2. The van der Waals surface area contributed by atoms with Crippen LogP contribution >= 0.6 is 0 Å². The maximum absolute atomic E-state index is 10.8. The molecule has 7 nitrogen and oxygen atoms in total. The van der Waals surface area contributed by atoms with Crippen molar-refractivity contribution in [2.75, 3.05) is 24.6 Å². The summed E-state index contributed by atoms with van der Waals surface area (Å²) in [6, 6.07) is 13.1. The summed E-state index contributed by atoms with van der Waals surface area (Å²) in [7, 11) is 0. The van der Waals surface area contributed by atoms with Gasteiger partial charge in [0.1, 0.15) is 29.8 Å². The average molecular weight is 310 g/mol. The van der Waals surface area contributed by atoms with E-state index in [2.05, 4.69) is 4.98 Å². The number of aromatic nitrogens is 1. The lowest BCUT2D eigenvalue weighted by atomic mass is 10.1. The minimum atomic E-state index is -0.552. The predicted octanol–water partition coefficient (Wildman–Crippen LogP) is 2.44. The van der Waals surface area contributed by atoms with E-state index in [4.69, 9.17) is 4.74 Å². The van der Waals surface area contributed by atoms with Gasteiger partial charge in [-0.25, -0.2) is 4.98 Å². The minimum absolute atomic E-state index is 0.117. The van der Waals surface area contributed by atoms with Crippen LogP contribution in [0.15, 0.2) is 42.6 Å². The Bertz CT molecular complexity index is 758. The van der Waals surface area contributed by atoms with Crippen LogP contribution in [-0.4, -0.2) is 29.6 Å². The van der Waals surface area contributed by atoms with Crippen molar-refractivity contribution in [2.45, 2.75) is 6.10 Å². The monoisotopic (exact) mass is 310 g/mol. The molecule has 0 aliphatic carbocycles. The highest BCUT2D eigenvalue weighted by Gasteiger charge is 2.25. The van der Waals surface area contributed by atoms with Gasteiger partial charge in [0.15, 0.2) is 0 Å². The average Bonchev–Trinajstić information content (AvgIpc) is 2.62. The number of nitriles is 1. The topological polar surface area (TPSA) is 92.3 Å². The van der Waals surface area contributed by atoms with Crippen LogP contribution in [0.4, 0.5) is 11.5 Å². The third kappa shape index (κ3) is 3.12. The zero-order valence-electron chi connectivity index (χ0n) is 12.3. The molecule has 3 rings (SSSR count). The molecule has 0 bridgehead atoms. The summed E-state index contributed by atoms with van der Waals surface area (Å²) in [5.41, 5.74) is 1.07. The maximum atomic E-state index is 10.8. The van der Waals surface area contributed by atoms with Crippen LogP contribution in [0.3, 0.4) is 0 Å². The van der Waals surface area contributed by atoms with E-state index in [0.717, 1.165) is 5.56 Å². The van der Waals surface area contributed by atoms with Crippen LogP contribution in [0, 0.1) is 21.4 Å². The summed E-state index contributed by atoms with van der Waals surface area (Å²) in [6.07, 6.45) is 1.07. The largest absolute Gasteiger partial charge is 0.370 e. The van der Waals surface area contributed by atoms with Crippen molar-refractivity contribution < 1.29 is 9.66 Å². The molecule has 116 valence electrons. The van der Waals surface area contributed by atoms with Crippen molar-refractivity contribution in [1.29, 1.82) is 5.26 Å². The molecule has 1 aliphatic rings. The zero-order chi connectivity index (χ0) is 16.2. The maximum Gasteiger partial charge on any atom is 0.289 e. The Balaban J connectivity index is 1.87. The summed E-state index contributed by atoms with van der Waals surface area (Å²) in [6.45, 7) is 1.63. The number of rotatable bonds is 3. The summed E-state index contributed by atoms with van der Waals surface area (Å²) in [5, 5.41) is 20.1. The lowest BCUT2D eigenvalue weighted by Crippen LogP contribution is -2.39. The highest BCUT2D eigenvalue weighted by Crippen LogP contribution is 2.28. The Hall–Kier alpha value is -2.98. The quantitative estimate of drug-likeness (QED) is 0.638. The number of hydrogen-bond acceptors (Lipinski definition) is 6. The smallest absolute Gasteiger partial charge is 0.289 e. The van der Waals surface area contributed by atoms with Gasteiger partial charge in [-0.2, -0.15) is 5.26 Å². The molecule has 0 spiro atoms. The van der Waals surface area contributed by atoms with Crippen LogP contribution in [0.5, 0.6) is 0 Å². The number of morpholine rings is 1. The third-order valence-electron chi connectivity index (χ3n) is 3.72. The van der Waals surface area contributed by atoms with Crippen LogP contribution in [0.25, 0.3) is 0 Å². The zero-order valence-corrected chi connectivity index (χ0v) is 12.3. The summed E-state index contributed by atoms with van der Waals surface area (Å²) >= 11 is 0. The molecule has 0 radical (unpaired) electrons. The molecule has 1 fully saturated rings. The fraction of sp³-hybridized carbons (Fsp3) is 0.250. The normalized spacial score (nSPS) is 17.5. The molecule has 7 heteroatoms. The van der Waals surface area contributed by atoms with Gasteiger partial charge in [0, 0.05) is 19.2 Å². The van der Waals surface area contributed by atoms with Gasteiger partial charge < -0.3 is 9.64 Å². The lowest BCUT2D eigenvalue weighted by molar-refractivity contribution is -0.385. The van der Waals surface area contributed by atoms with Gasteiger partial charge in [-0.1, -0.05) is 30.3 Å². The number of nitrogens with zero attached hydrogens (tertiary/aromatic N) is 4. The molecule has 0 unspecified atom stereocenters. The van der Waals surface area contributed by atoms with E-state index in [1.54, 1.807) is 0 Å². The first-order valence-corrected chi connectivity index (χ1v) is 7.15. The van der Waals surface area contributed by atoms with Gasteiger partial charge in [0.25, 0.3) is 5.69 Å². The number of nitro groups is 1. The van der Waals surface area contributed by atoms with Crippen molar-refractivity contribution in [1.82, 2.24) is 4.98 Å². The van der Waals surface area contributed by atoms with E-state index in [1.807, 2.05) is 41.3 Å². The molecular weight excluding hydrogens is 296 g/mol. The van der Waals surface area contributed by atoms with E-state index in [1.165, 1.54) is 12.3 Å². The first-order valence-electron chi connectivity index (χ1n) is 7.15. The number of ether oxygens (including phenoxy) is 1. The highest BCUT2D eigenvalue weighted by atomic mass is 16.6. The summed E-state index contributed by atoms with van der Waals surface area (Å²) in [4.78, 5) is 16.3. The molecule has 0 saturated carbocycles. The fourth-order valence-corrected chi connectivity index (χ4v) is 2.59. The molecular formula is C16H14N4O3. The second-order valence-electron chi connectivity index (χ2n) is 5.15. The van der Waals surface area contributed by atoms with Crippen molar-refractivity contribution in [3.05, 3.63) is 63.8 Å². The molecule has 2 heterocycles. The molecule has 2 aromatic rings. The SMILES string of the molecule is N#Cc1cc([N+](=O)[O-])cnc1N1CCO[C@@H](c2ccccc2)C1. The van der Waals surface area contributed by atoms with Gasteiger partial charge >= 0.3 is 0 Å². The van der Waals surface area contributed by atoms with E-state index < -0.39 is 4.92 Å². The van der Waals surface area contributed by atoms with Crippen LogP contribution in [-0.2, 0) is 4.74 Å². The summed E-state index contributed by atoms with van der Waals surface area (Å²) < 4.78 is 5.79. The van der Waals surface area contributed by atoms with E-state index >= 15 is 0 Å². The van der Waals surface area contributed by atoms with Crippen molar-refractivity contribution in [3.8, 4) is 6.07 Å². The fourth-order valence-electron chi connectivity index (χ4n) is 2.59. The minimum Gasteiger partial charge on any atom is -0.370 e. The molecule has 1 aliphatic heterocycles. The Kier molecular flexibility index (Phi) is 4.17. The second-order valence-corrected chi connectivity index (χ2v) is 5.15. The van der Waals surface area contributed by atoms with Crippen molar-refractivity contribution >= 4 is 11.5 Å². The van der Waals surface area contributed by atoms with Gasteiger partial charge in [0.2, 0.25) is 0 Å². The molecule has 0 N–H and O–H groups in total. The molecule has 1 saturated heterocycles. The standard InChI is InChI=1S/C16H14N4O3/c17-9-13-8-14(20(21)22)10-18-16(13)19-6-7-23-15(11-19)12-4-2-1-3-5-12/h1-5,8,10,15H,6-7,11H2/t15-/m1/s1. The van der Waals surface area contributed by atoms with Gasteiger partial charge in [0.05, 0.1) is 11.5 Å². The summed E-state index contributed by atoms with van der Waals surface area (Å²) in [5.74, 6) is 0.460. The lowest BCUT2D eigenvalue weighted by Gasteiger charge is -2.34. The predicted molar refractivity (Wildman–Crippen MR) is 83.0 cm³/mol. The van der Waals surface area contributed by atoms with E-state index in [9.17, 15) is 15.4 Å². The molecule has 23 heavy (non-hydrogen) atoms. The third-order valence-corrected chi connectivity index (χ3v) is 3.72. The van der Waals surface area contributed by atoms with Crippen molar-refractivity contribution in [2.24, 2.45) is 0 Å². The molecule has 1 atom stereocenters. The number of anilines is 1. The van der Waals surface area contributed by atoms with Crippen LogP contribution in [0.2, 0.25) is 0 Å². The number of hydrogen-bond donors (Lipinski definition) is 0. The number of pyridine rings is 1. The first kappa shape index (κ1) is 14.9. The van der Waals surface area contributed by atoms with Crippen LogP contribution < -0.4 is 4.90 Å². The molecule has 1 aromatic carbocycles. The van der Waals surface area contributed by atoms with Gasteiger partial charge in [-0.05, 0) is 5.56 Å². The van der Waals surface area contributed by atoms with Gasteiger partial charge in [-0.3, -0.25) is 10.1 Å². The number of benzene rings is 1. The Morgan fingerprint density at radius 3 is 2.87 bits per heavy atom. The Labute approximate surface area is 132 Å². The van der Waals surface area contributed by atoms with E-state index in [0.29, 0.717) is 25.5 Å². The second kappa shape index (κ2) is 6.42.